The minimum absolute atomic E-state index is 0.0599. The zero-order valence-corrected chi connectivity index (χ0v) is 29.9. The van der Waals surface area contributed by atoms with Gasteiger partial charge in [0, 0.05) is 30.5 Å². The van der Waals surface area contributed by atoms with E-state index in [4.69, 9.17) is 42.7 Å². The van der Waals surface area contributed by atoms with Crippen LogP contribution in [0.15, 0.2) is 17.2 Å². The number of aromatic nitrogens is 2. The van der Waals surface area contributed by atoms with Crippen LogP contribution in [0.1, 0.15) is 18.2 Å². The van der Waals surface area contributed by atoms with Gasteiger partial charge in [0.15, 0.2) is 10.2 Å². The first-order valence-electron chi connectivity index (χ1n) is 15.8. The molecule has 2 heterocycles. The highest BCUT2D eigenvalue weighted by molar-refractivity contribution is 7.89. The molecule has 50 heavy (non-hydrogen) atoms. The molecule has 0 aliphatic carbocycles. The van der Waals surface area contributed by atoms with Crippen LogP contribution in [0, 0.1) is 6.92 Å². The molecule has 0 aliphatic rings. The smallest absolute Gasteiger partial charge is 0.335 e. The molecule has 0 saturated carbocycles. The van der Waals surface area contributed by atoms with Crippen molar-refractivity contribution in [3.05, 3.63) is 17.0 Å². The minimum Gasteiger partial charge on any atom is -0.492 e. The van der Waals surface area contributed by atoms with Crippen molar-refractivity contribution in [2.45, 2.75) is 25.3 Å². The number of thiazole rings is 1. The van der Waals surface area contributed by atoms with Crippen LogP contribution in [-0.2, 0) is 57.5 Å². The standard InChI is InChI=1S/C29H48N4O15S2/c1-23-28(32-29(49-23)31-24(2)34)50(38,39)30-6-8-41-10-12-43-14-16-45-18-20-47-22-21-46-19-17-44-15-13-42-11-9-40-7-5-27(37)48-33-25(35)3-4-26(33)36/h3-4,30,35-36H,5-22H2,1-2H3,(H,31,32,34). The number of hydrogen-bond acceptors (Lipinski definition) is 17. The van der Waals surface area contributed by atoms with Gasteiger partial charge in [-0.15, -0.1) is 16.1 Å². The first-order valence-corrected chi connectivity index (χ1v) is 18.1. The zero-order valence-electron chi connectivity index (χ0n) is 28.3. The molecule has 2 aromatic heterocycles. The molecule has 286 valence electrons. The van der Waals surface area contributed by atoms with Gasteiger partial charge in [-0.3, -0.25) is 4.79 Å². The molecule has 0 spiro atoms. The molecule has 1 amide bonds. The predicted molar refractivity (Wildman–Crippen MR) is 177 cm³/mol. The molecule has 19 nitrogen and oxygen atoms in total. The maximum atomic E-state index is 12.4. The molecule has 0 fully saturated rings. The van der Waals surface area contributed by atoms with Crippen molar-refractivity contribution in [3.8, 4) is 11.8 Å². The van der Waals surface area contributed by atoms with Gasteiger partial charge in [0.25, 0.3) is 10.0 Å². The zero-order chi connectivity index (χ0) is 36.5. The Kier molecular flexibility index (Phi) is 22.4. The number of ether oxygens (including phenoxy) is 8. The van der Waals surface area contributed by atoms with E-state index in [1.54, 1.807) is 6.92 Å². The van der Waals surface area contributed by atoms with E-state index >= 15 is 0 Å². The van der Waals surface area contributed by atoms with E-state index in [0.717, 1.165) is 11.3 Å². The second kappa shape index (κ2) is 25.9. The number of aryl methyl sites for hydroxylation is 1. The molecule has 0 saturated heterocycles. The highest BCUT2D eigenvalue weighted by atomic mass is 32.2. The third-order valence-electron chi connectivity index (χ3n) is 5.88. The monoisotopic (exact) mass is 756 g/mol. The third-order valence-corrected chi connectivity index (χ3v) is 8.38. The Labute approximate surface area is 295 Å². The number of sulfonamides is 1. The summed E-state index contributed by atoms with van der Waals surface area (Å²) < 4.78 is 71.1. The van der Waals surface area contributed by atoms with Gasteiger partial charge < -0.3 is 58.3 Å². The molecule has 2 rings (SSSR count). The fourth-order valence-corrected chi connectivity index (χ4v) is 5.94. The van der Waals surface area contributed by atoms with Gasteiger partial charge in [-0.25, -0.2) is 22.9 Å². The summed E-state index contributed by atoms with van der Waals surface area (Å²) in [4.78, 5) is 32.1. The number of carbonyl (C=O) groups excluding carboxylic acids is 2. The lowest BCUT2D eigenvalue weighted by atomic mass is 10.5. The van der Waals surface area contributed by atoms with Gasteiger partial charge in [0.2, 0.25) is 17.7 Å². The lowest BCUT2D eigenvalue weighted by molar-refractivity contribution is -0.146. The van der Waals surface area contributed by atoms with E-state index < -0.39 is 16.0 Å². The molecule has 0 radical (unpaired) electrons. The number of amides is 1. The fourth-order valence-electron chi connectivity index (χ4n) is 3.59. The van der Waals surface area contributed by atoms with Gasteiger partial charge in [-0.05, 0) is 6.92 Å². The van der Waals surface area contributed by atoms with Crippen molar-refractivity contribution in [3.63, 3.8) is 0 Å². The lowest BCUT2D eigenvalue weighted by Gasteiger charge is -2.09. The SMILES string of the molecule is CC(=O)Nc1nc(S(=O)(=O)NCCOCCOCCOCCOCCOCCOCCOCCOCCC(=O)On2c(O)ccc2O)c(C)s1. The molecule has 0 bridgehead atoms. The third kappa shape index (κ3) is 19.4. The topological polar surface area (TPSA) is 234 Å². The van der Waals surface area contributed by atoms with Crippen LogP contribution in [0.5, 0.6) is 11.8 Å². The maximum absolute atomic E-state index is 12.4. The molecule has 0 aromatic carbocycles. The van der Waals surface area contributed by atoms with Gasteiger partial charge in [0.1, 0.15) is 0 Å². The summed E-state index contributed by atoms with van der Waals surface area (Å²) in [6, 6.07) is 2.38. The lowest BCUT2D eigenvalue weighted by Crippen LogP contribution is -2.28. The molecule has 21 heteroatoms. The van der Waals surface area contributed by atoms with Crippen molar-refractivity contribution in [2.75, 3.05) is 118 Å². The Morgan fingerprint density at radius 2 is 1.12 bits per heavy atom. The van der Waals surface area contributed by atoms with Crippen LogP contribution in [0.3, 0.4) is 0 Å². The van der Waals surface area contributed by atoms with E-state index in [0.29, 0.717) is 95.5 Å². The van der Waals surface area contributed by atoms with E-state index in [1.807, 2.05) is 0 Å². The highest BCUT2D eigenvalue weighted by Crippen LogP contribution is 2.25. The number of aromatic hydroxyl groups is 2. The molecule has 0 unspecified atom stereocenters. The summed E-state index contributed by atoms with van der Waals surface area (Å²) in [6.45, 7) is 8.56. The first kappa shape index (κ1) is 43.2. The molecule has 2 aromatic rings. The van der Waals surface area contributed by atoms with Crippen LogP contribution >= 0.6 is 11.3 Å². The number of carbonyl (C=O) groups is 2. The first-order chi connectivity index (χ1) is 24.1. The van der Waals surface area contributed by atoms with Crippen molar-refractivity contribution in [1.29, 1.82) is 0 Å². The average molecular weight is 757 g/mol. The largest absolute Gasteiger partial charge is 0.492 e. The van der Waals surface area contributed by atoms with Crippen LogP contribution in [-0.4, -0.2) is 152 Å². The second-order valence-corrected chi connectivity index (χ2v) is 12.8. The molecule has 0 atom stereocenters. The summed E-state index contributed by atoms with van der Waals surface area (Å²) in [7, 11) is -3.82. The number of rotatable bonds is 31. The van der Waals surface area contributed by atoms with Crippen molar-refractivity contribution >= 4 is 38.4 Å². The Morgan fingerprint density at radius 1 is 0.720 bits per heavy atom. The van der Waals surface area contributed by atoms with E-state index in [-0.39, 0.29) is 60.6 Å². The van der Waals surface area contributed by atoms with Crippen molar-refractivity contribution in [1.82, 2.24) is 14.4 Å². The van der Waals surface area contributed by atoms with Gasteiger partial charge in [-0.1, -0.05) is 0 Å². The number of nitrogens with one attached hydrogen (secondary N) is 2. The Bertz CT molecular complexity index is 1320. The number of nitrogens with zero attached hydrogens (tertiary/aromatic N) is 2. The molecule has 0 aliphatic heterocycles. The van der Waals surface area contributed by atoms with Crippen LogP contribution < -0.4 is 14.9 Å². The minimum atomic E-state index is -3.82. The number of hydrogen-bond donors (Lipinski definition) is 4. The van der Waals surface area contributed by atoms with Gasteiger partial charge in [0.05, 0.1) is 112 Å². The van der Waals surface area contributed by atoms with Crippen LogP contribution in [0.4, 0.5) is 5.13 Å². The van der Waals surface area contributed by atoms with E-state index in [9.17, 15) is 28.2 Å². The average Bonchev–Trinajstić information content (AvgIpc) is 3.60. The summed E-state index contributed by atoms with van der Waals surface area (Å²) >= 11 is 1.09. The number of anilines is 1. The van der Waals surface area contributed by atoms with Gasteiger partial charge in [-0.2, -0.15) is 0 Å². The second-order valence-electron chi connectivity index (χ2n) is 9.92. The quantitative estimate of drug-likeness (QED) is 0.0746. The fraction of sp³-hybridized carbons (Fsp3) is 0.690. The van der Waals surface area contributed by atoms with E-state index in [1.165, 1.54) is 19.1 Å². The highest BCUT2D eigenvalue weighted by Gasteiger charge is 2.22. The van der Waals surface area contributed by atoms with Crippen LogP contribution in [0.2, 0.25) is 0 Å². The Balaban J connectivity index is 1.25. The summed E-state index contributed by atoms with van der Waals surface area (Å²) in [5, 5.41) is 21.4. The maximum Gasteiger partial charge on any atom is 0.335 e. The van der Waals surface area contributed by atoms with Gasteiger partial charge >= 0.3 is 5.97 Å². The predicted octanol–water partition coefficient (Wildman–Crippen LogP) is 0.0792. The van der Waals surface area contributed by atoms with Crippen molar-refractivity contribution < 1.29 is 71.0 Å². The summed E-state index contributed by atoms with van der Waals surface area (Å²) in [5.41, 5.74) is 0. The Hall–Kier alpha value is -2.96. The summed E-state index contributed by atoms with van der Waals surface area (Å²) in [5.74, 6) is -1.78. The normalized spacial score (nSPS) is 11.6. The summed E-state index contributed by atoms with van der Waals surface area (Å²) in [6.07, 6.45) is -0.0599. The molecule has 4 N–H and O–H groups in total. The Morgan fingerprint density at radius 3 is 1.54 bits per heavy atom. The molecular formula is C29H48N4O15S2. The van der Waals surface area contributed by atoms with Crippen molar-refractivity contribution in [2.24, 2.45) is 0 Å². The van der Waals surface area contributed by atoms with Crippen LogP contribution in [0.25, 0.3) is 0 Å². The molecular weight excluding hydrogens is 708 g/mol. The van der Waals surface area contributed by atoms with E-state index in [2.05, 4.69) is 15.0 Å².